The van der Waals surface area contributed by atoms with E-state index in [0.717, 1.165) is 4.90 Å². The molecule has 3 amide bonds. The second-order valence-electron chi connectivity index (χ2n) is 4.64. The molecule has 5 nitrogen and oxygen atoms in total. The number of rotatable bonds is 1. The second-order valence-corrected chi connectivity index (χ2v) is 5.27. The first-order chi connectivity index (χ1) is 9.09. The van der Waals surface area contributed by atoms with E-state index in [-0.39, 0.29) is 11.3 Å². The topological polar surface area (TPSA) is 66.5 Å². The first-order valence-corrected chi connectivity index (χ1v) is 6.56. The van der Waals surface area contributed by atoms with Crippen LogP contribution in [0.1, 0.15) is 33.6 Å². The van der Waals surface area contributed by atoms with Crippen molar-refractivity contribution in [3.63, 3.8) is 0 Å². The molecule has 19 heavy (non-hydrogen) atoms. The van der Waals surface area contributed by atoms with Crippen LogP contribution in [-0.2, 0) is 4.79 Å². The first-order valence-electron chi connectivity index (χ1n) is 6.05. The van der Waals surface area contributed by atoms with Crippen molar-refractivity contribution in [1.82, 2.24) is 10.2 Å². The molecule has 1 N–H and O–H groups in total. The summed E-state index contributed by atoms with van der Waals surface area (Å²) in [6.45, 7) is 0. The Kier molecular flexibility index (Phi) is 2.82. The quantitative estimate of drug-likeness (QED) is 0.589. The zero-order valence-electron chi connectivity index (χ0n) is 10.00. The summed E-state index contributed by atoms with van der Waals surface area (Å²) in [5.74, 6) is -1.10. The van der Waals surface area contributed by atoms with Crippen LogP contribution in [0.5, 0.6) is 0 Å². The number of nitrogens with one attached hydrogen (secondary N) is 1. The lowest BCUT2D eigenvalue weighted by Gasteiger charge is -2.31. The second kappa shape index (κ2) is 4.38. The van der Waals surface area contributed by atoms with E-state index in [0.29, 0.717) is 24.0 Å². The van der Waals surface area contributed by atoms with E-state index in [1.165, 1.54) is 0 Å². The van der Waals surface area contributed by atoms with E-state index in [1.54, 1.807) is 24.3 Å². The molecule has 2 aliphatic heterocycles. The maximum absolute atomic E-state index is 12.2. The third-order valence-corrected chi connectivity index (χ3v) is 3.85. The van der Waals surface area contributed by atoms with Crippen LogP contribution in [-0.4, -0.2) is 34.0 Å². The van der Waals surface area contributed by atoms with Crippen molar-refractivity contribution in [2.75, 3.05) is 0 Å². The molecule has 2 atom stereocenters. The zero-order chi connectivity index (χ0) is 13.6. The van der Waals surface area contributed by atoms with Crippen LogP contribution in [0.25, 0.3) is 0 Å². The maximum Gasteiger partial charge on any atom is 0.262 e. The van der Waals surface area contributed by atoms with Crippen LogP contribution in [0, 0.1) is 0 Å². The highest BCUT2D eigenvalue weighted by atomic mass is 32.1. The van der Waals surface area contributed by atoms with Gasteiger partial charge in [-0.3, -0.25) is 19.3 Å². The number of piperidine rings is 1. The molecule has 0 aromatic heterocycles. The average Bonchev–Trinajstić information content (AvgIpc) is 2.64. The predicted molar refractivity (Wildman–Crippen MR) is 70.9 cm³/mol. The Morgan fingerprint density at radius 3 is 2.16 bits per heavy atom. The highest BCUT2D eigenvalue weighted by Crippen LogP contribution is 2.28. The van der Waals surface area contributed by atoms with Gasteiger partial charge in [-0.15, -0.1) is 0 Å². The molecular formula is C13H12N2O3S. The Bertz CT molecular complexity index is 552. The van der Waals surface area contributed by atoms with Gasteiger partial charge in [0, 0.05) is 0 Å². The number of carbonyl (C=O) groups excluding carboxylic acids is 3. The lowest BCUT2D eigenvalue weighted by Crippen LogP contribution is -2.54. The summed E-state index contributed by atoms with van der Waals surface area (Å²) in [4.78, 5) is 37.5. The molecule has 98 valence electrons. The van der Waals surface area contributed by atoms with Crippen LogP contribution in [0.15, 0.2) is 24.3 Å². The number of nitrogens with zero attached hydrogens (tertiary/aromatic N) is 1. The first kappa shape index (κ1) is 12.2. The normalized spacial score (nSPS) is 26.4. The minimum absolute atomic E-state index is 0.209. The molecule has 2 aliphatic rings. The number of hydrogen-bond acceptors (Lipinski definition) is 4. The van der Waals surface area contributed by atoms with E-state index in [1.807, 2.05) is 0 Å². The molecule has 3 rings (SSSR count). The largest absolute Gasteiger partial charge is 0.343 e. The van der Waals surface area contributed by atoms with Crippen LogP contribution in [0.3, 0.4) is 0 Å². The molecule has 1 fully saturated rings. The number of amides is 3. The van der Waals surface area contributed by atoms with Gasteiger partial charge in [0.25, 0.3) is 11.8 Å². The number of thiol groups is 1. The highest BCUT2D eigenvalue weighted by Gasteiger charge is 2.43. The molecule has 2 heterocycles. The van der Waals surface area contributed by atoms with Gasteiger partial charge in [-0.2, -0.15) is 12.6 Å². The Hall–Kier alpha value is -1.82. The van der Waals surface area contributed by atoms with E-state index in [4.69, 9.17) is 0 Å². The molecule has 0 radical (unpaired) electrons. The van der Waals surface area contributed by atoms with Crippen molar-refractivity contribution in [3.05, 3.63) is 35.4 Å². The Morgan fingerprint density at radius 2 is 1.63 bits per heavy atom. The van der Waals surface area contributed by atoms with E-state index >= 15 is 0 Å². The van der Waals surface area contributed by atoms with Crippen molar-refractivity contribution in [2.24, 2.45) is 0 Å². The van der Waals surface area contributed by atoms with Gasteiger partial charge in [0.1, 0.15) is 6.04 Å². The number of hydrogen-bond donors (Lipinski definition) is 2. The molecule has 1 aromatic carbocycles. The van der Waals surface area contributed by atoms with Crippen molar-refractivity contribution in [3.8, 4) is 0 Å². The molecular weight excluding hydrogens is 264 g/mol. The van der Waals surface area contributed by atoms with Gasteiger partial charge in [0.2, 0.25) is 5.91 Å². The third kappa shape index (κ3) is 1.83. The molecule has 2 unspecified atom stereocenters. The van der Waals surface area contributed by atoms with Crippen LogP contribution in [0.4, 0.5) is 0 Å². The van der Waals surface area contributed by atoms with Crippen LogP contribution >= 0.6 is 12.6 Å². The molecule has 1 aromatic rings. The van der Waals surface area contributed by atoms with Gasteiger partial charge in [0.15, 0.2) is 0 Å². The standard InChI is InChI=1S/C13H12N2O3S/c16-11-9(5-6-10(19)14-11)15-12(17)7-3-1-2-4-8(7)13(15)18/h1-4,9-10,19H,5-6H2,(H,14,16). The number of carbonyl (C=O) groups is 3. The van der Waals surface area contributed by atoms with Crippen molar-refractivity contribution in [2.45, 2.75) is 24.3 Å². The van der Waals surface area contributed by atoms with E-state index in [9.17, 15) is 14.4 Å². The lowest BCUT2D eigenvalue weighted by molar-refractivity contribution is -0.126. The fraction of sp³-hybridized carbons (Fsp3) is 0.308. The smallest absolute Gasteiger partial charge is 0.262 e. The highest BCUT2D eigenvalue weighted by molar-refractivity contribution is 7.80. The predicted octanol–water partition coefficient (Wildman–Crippen LogP) is 0.817. The lowest BCUT2D eigenvalue weighted by atomic mass is 10.0. The van der Waals surface area contributed by atoms with Gasteiger partial charge in [-0.05, 0) is 25.0 Å². The third-order valence-electron chi connectivity index (χ3n) is 3.46. The zero-order valence-corrected chi connectivity index (χ0v) is 10.9. The Labute approximate surface area is 115 Å². The van der Waals surface area contributed by atoms with Gasteiger partial charge in [-0.1, -0.05) is 12.1 Å². The van der Waals surface area contributed by atoms with Crippen molar-refractivity contribution < 1.29 is 14.4 Å². The van der Waals surface area contributed by atoms with Crippen molar-refractivity contribution in [1.29, 1.82) is 0 Å². The fourth-order valence-corrected chi connectivity index (χ4v) is 2.79. The minimum Gasteiger partial charge on any atom is -0.343 e. The van der Waals surface area contributed by atoms with Gasteiger partial charge >= 0.3 is 0 Å². The minimum atomic E-state index is -0.726. The van der Waals surface area contributed by atoms with Gasteiger partial charge in [0.05, 0.1) is 16.5 Å². The molecule has 0 aliphatic carbocycles. The summed E-state index contributed by atoms with van der Waals surface area (Å²) in [6, 6.07) is 5.90. The van der Waals surface area contributed by atoms with Crippen molar-refractivity contribution >= 4 is 30.4 Å². The van der Waals surface area contributed by atoms with E-state index < -0.39 is 17.9 Å². The molecule has 6 heteroatoms. The monoisotopic (exact) mass is 276 g/mol. The summed E-state index contributed by atoms with van der Waals surface area (Å²) in [5, 5.41) is 2.44. The summed E-state index contributed by atoms with van der Waals surface area (Å²) in [6.07, 6.45) is 1.08. The molecule has 0 bridgehead atoms. The number of benzene rings is 1. The number of fused-ring (bicyclic) bond motifs is 1. The summed E-state index contributed by atoms with van der Waals surface area (Å²) >= 11 is 4.18. The molecule has 0 saturated carbocycles. The SMILES string of the molecule is O=C1NC(S)CCC1N1C(=O)c2ccccc2C1=O. The van der Waals surface area contributed by atoms with Crippen LogP contribution < -0.4 is 5.32 Å². The maximum atomic E-state index is 12.2. The van der Waals surface area contributed by atoms with Gasteiger partial charge in [-0.25, -0.2) is 0 Å². The fourth-order valence-electron chi connectivity index (χ4n) is 2.52. The Morgan fingerprint density at radius 1 is 1.05 bits per heavy atom. The summed E-state index contributed by atoms with van der Waals surface area (Å²) in [7, 11) is 0. The molecule has 0 spiro atoms. The molecule has 1 saturated heterocycles. The van der Waals surface area contributed by atoms with E-state index in [2.05, 4.69) is 17.9 Å². The van der Waals surface area contributed by atoms with Gasteiger partial charge < -0.3 is 5.32 Å². The Balaban J connectivity index is 1.94. The summed E-state index contributed by atoms with van der Waals surface area (Å²) < 4.78 is 0. The van der Waals surface area contributed by atoms with Crippen LogP contribution in [0.2, 0.25) is 0 Å². The average molecular weight is 276 g/mol. The number of imide groups is 1. The summed E-state index contributed by atoms with van der Waals surface area (Å²) in [5.41, 5.74) is 0.738.